The van der Waals surface area contributed by atoms with Crippen molar-refractivity contribution in [3.05, 3.63) is 41.9 Å². The van der Waals surface area contributed by atoms with Crippen LogP contribution in [0.5, 0.6) is 0 Å². The van der Waals surface area contributed by atoms with E-state index in [1.165, 1.54) is 18.5 Å². The van der Waals surface area contributed by atoms with Gasteiger partial charge < -0.3 is 15.5 Å². The number of benzene rings is 1. The van der Waals surface area contributed by atoms with E-state index in [1.54, 1.807) is 13.0 Å². The van der Waals surface area contributed by atoms with E-state index in [4.69, 9.17) is 0 Å². The highest BCUT2D eigenvalue weighted by atomic mass is 16.1. The molecule has 2 heterocycles. The monoisotopic (exact) mass is 381 g/mol. The summed E-state index contributed by atoms with van der Waals surface area (Å²) in [7, 11) is 0. The Balaban J connectivity index is 1.66. The van der Waals surface area contributed by atoms with Crippen molar-refractivity contribution in [3.63, 3.8) is 0 Å². The number of rotatable bonds is 6. The maximum atomic E-state index is 12.7. The Morgan fingerprint density at radius 1 is 1.21 bits per heavy atom. The zero-order valence-electron chi connectivity index (χ0n) is 17.3. The second-order valence-electron chi connectivity index (χ2n) is 7.81. The number of piperidine rings is 1. The molecule has 0 spiro atoms. The number of amides is 1. The van der Waals surface area contributed by atoms with Crippen molar-refractivity contribution < 1.29 is 4.79 Å². The summed E-state index contributed by atoms with van der Waals surface area (Å²) in [6.07, 6.45) is 3.45. The van der Waals surface area contributed by atoms with Crippen LogP contribution >= 0.6 is 0 Å². The van der Waals surface area contributed by atoms with E-state index in [0.29, 0.717) is 17.3 Å². The molecule has 3 rings (SSSR count). The minimum absolute atomic E-state index is 0.225. The van der Waals surface area contributed by atoms with Crippen molar-refractivity contribution >= 4 is 23.1 Å². The van der Waals surface area contributed by atoms with Gasteiger partial charge in [0.15, 0.2) is 0 Å². The van der Waals surface area contributed by atoms with Crippen molar-refractivity contribution in [1.82, 2.24) is 9.97 Å². The first-order valence-corrected chi connectivity index (χ1v) is 10.2. The highest BCUT2D eigenvalue weighted by molar-refractivity contribution is 6.03. The third-order valence-electron chi connectivity index (χ3n) is 5.35. The van der Waals surface area contributed by atoms with E-state index in [1.807, 2.05) is 12.1 Å². The predicted octanol–water partition coefficient (Wildman–Crippen LogP) is 4.48. The first-order valence-electron chi connectivity index (χ1n) is 10.2. The summed E-state index contributed by atoms with van der Waals surface area (Å²) >= 11 is 0. The lowest BCUT2D eigenvalue weighted by Crippen LogP contribution is -2.32. The smallest absolute Gasteiger partial charge is 0.274 e. The number of nitrogens with one attached hydrogen (secondary N) is 2. The number of aryl methyl sites for hydroxylation is 1. The quantitative estimate of drug-likeness (QED) is 0.772. The number of anilines is 3. The Morgan fingerprint density at radius 3 is 2.54 bits per heavy atom. The fourth-order valence-electron chi connectivity index (χ4n) is 3.33. The second kappa shape index (κ2) is 9.04. The minimum Gasteiger partial charge on any atom is -0.372 e. The van der Waals surface area contributed by atoms with Crippen LogP contribution in [0.2, 0.25) is 0 Å². The molecule has 1 amide bonds. The fourth-order valence-corrected chi connectivity index (χ4v) is 3.33. The van der Waals surface area contributed by atoms with E-state index in [-0.39, 0.29) is 11.9 Å². The van der Waals surface area contributed by atoms with E-state index >= 15 is 0 Å². The van der Waals surface area contributed by atoms with Gasteiger partial charge in [-0.2, -0.15) is 0 Å². The molecule has 1 atom stereocenters. The zero-order valence-corrected chi connectivity index (χ0v) is 17.3. The number of hydrogen-bond donors (Lipinski definition) is 2. The third kappa shape index (κ3) is 5.21. The van der Waals surface area contributed by atoms with Crippen LogP contribution in [-0.2, 0) is 0 Å². The molecule has 1 saturated heterocycles. The van der Waals surface area contributed by atoms with Crippen LogP contribution in [0.25, 0.3) is 0 Å². The molecule has 28 heavy (non-hydrogen) atoms. The van der Waals surface area contributed by atoms with Crippen LogP contribution < -0.4 is 15.5 Å². The minimum atomic E-state index is -0.225. The number of carbonyl (C=O) groups excluding carboxylic acids is 1. The molecule has 1 aromatic carbocycles. The maximum Gasteiger partial charge on any atom is 0.274 e. The molecule has 2 aromatic rings. The van der Waals surface area contributed by atoms with Crippen LogP contribution in [-0.4, -0.2) is 35.0 Å². The molecule has 0 aliphatic carbocycles. The first-order chi connectivity index (χ1) is 13.4. The number of aromatic nitrogens is 2. The Morgan fingerprint density at radius 2 is 1.89 bits per heavy atom. The van der Waals surface area contributed by atoms with E-state index in [2.05, 4.69) is 58.4 Å². The Labute approximate surface area is 167 Å². The average molecular weight is 382 g/mol. The summed E-state index contributed by atoms with van der Waals surface area (Å²) in [6.45, 7) is 10.5. The molecule has 6 nitrogen and oxygen atoms in total. The number of nitrogens with zero attached hydrogens (tertiary/aromatic N) is 3. The summed E-state index contributed by atoms with van der Waals surface area (Å²) in [5, 5.41) is 6.24. The molecule has 150 valence electrons. The van der Waals surface area contributed by atoms with E-state index in [0.717, 1.165) is 31.1 Å². The Hall–Kier alpha value is -2.63. The highest BCUT2D eigenvalue weighted by Crippen LogP contribution is 2.24. The van der Waals surface area contributed by atoms with Gasteiger partial charge >= 0.3 is 0 Å². The van der Waals surface area contributed by atoms with Gasteiger partial charge in [-0.25, -0.2) is 9.97 Å². The van der Waals surface area contributed by atoms with Gasteiger partial charge in [0, 0.05) is 36.6 Å². The molecule has 0 radical (unpaired) electrons. The van der Waals surface area contributed by atoms with Gasteiger partial charge in [0.1, 0.15) is 17.3 Å². The SMILES string of the molecule is CCC(C)Nc1cc(C(=O)Nc2ccc(N3CCC(C)CC3)cc2)nc(C)n1. The summed E-state index contributed by atoms with van der Waals surface area (Å²) in [5.74, 6) is 1.85. The Bertz CT molecular complexity index is 797. The molecular formula is C22H31N5O. The second-order valence-corrected chi connectivity index (χ2v) is 7.81. The summed E-state index contributed by atoms with van der Waals surface area (Å²) in [5.41, 5.74) is 2.35. The van der Waals surface area contributed by atoms with Crippen LogP contribution in [0.4, 0.5) is 17.2 Å². The van der Waals surface area contributed by atoms with Crippen LogP contribution in [0.3, 0.4) is 0 Å². The molecule has 0 saturated carbocycles. The van der Waals surface area contributed by atoms with Crippen molar-refractivity contribution in [1.29, 1.82) is 0 Å². The molecule has 6 heteroatoms. The van der Waals surface area contributed by atoms with Gasteiger partial charge in [-0.3, -0.25) is 4.79 Å². The molecule has 1 aliphatic heterocycles. The van der Waals surface area contributed by atoms with Crippen LogP contribution in [0.15, 0.2) is 30.3 Å². The molecular weight excluding hydrogens is 350 g/mol. The largest absolute Gasteiger partial charge is 0.372 e. The fraction of sp³-hybridized carbons (Fsp3) is 0.500. The van der Waals surface area contributed by atoms with Crippen molar-refractivity contribution in [3.8, 4) is 0 Å². The molecule has 1 aliphatic rings. The summed E-state index contributed by atoms with van der Waals surface area (Å²) < 4.78 is 0. The first kappa shape index (κ1) is 20.1. The van der Waals surface area contributed by atoms with Gasteiger partial charge in [-0.15, -0.1) is 0 Å². The van der Waals surface area contributed by atoms with Gasteiger partial charge in [0.05, 0.1) is 0 Å². The highest BCUT2D eigenvalue weighted by Gasteiger charge is 2.16. The topological polar surface area (TPSA) is 70.2 Å². The standard InChI is InChI=1S/C22H31N5O/c1-5-16(3)23-21-14-20(24-17(4)25-21)22(28)26-18-6-8-19(9-7-18)27-12-10-15(2)11-13-27/h6-9,14-16H,5,10-13H2,1-4H3,(H,26,28)(H,23,24,25). The normalized spacial score (nSPS) is 15.9. The molecule has 1 fully saturated rings. The lowest BCUT2D eigenvalue weighted by atomic mass is 9.99. The van der Waals surface area contributed by atoms with Crippen LogP contribution in [0.1, 0.15) is 56.3 Å². The number of carbonyl (C=O) groups is 1. The van der Waals surface area contributed by atoms with Gasteiger partial charge in [0.25, 0.3) is 5.91 Å². The molecule has 2 N–H and O–H groups in total. The predicted molar refractivity (Wildman–Crippen MR) is 115 cm³/mol. The Kier molecular flexibility index (Phi) is 6.49. The zero-order chi connectivity index (χ0) is 20.1. The molecule has 1 unspecified atom stereocenters. The van der Waals surface area contributed by atoms with Crippen molar-refractivity contribution in [2.24, 2.45) is 5.92 Å². The molecule has 0 bridgehead atoms. The van der Waals surface area contributed by atoms with Gasteiger partial charge in [0.2, 0.25) is 0 Å². The van der Waals surface area contributed by atoms with E-state index < -0.39 is 0 Å². The molecule has 1 aromatic heterocycles. The van der Waals surface area contributed by atoms with Crippen molar-refractivity contribution in [2.75, 3.05) is 28.6 Å². The van der Waals surface area contributed by atoms with Crippen LogP contribution in [0, 0.1) is 12.8 Å². The van der Waals surface area contributed by atoms with Crippen molar-refractivity contribution in [2.45, 2.75) is 53.0 Å². The lowest BCUT2D eigenvalue weighted by molar-refractivity contribution is 0.102. The lowest BCUT2D eigenvalue weighted by Gasteiger charge is -2.32. The maximum absolute atomic E-state index is 12.7. The summed E-state index contributed by atoms with van der Waals surface area (Å²) in [4.78, 5) is 23.7. The van der Waals surface area contributed by atoms with E-state index in [9.17, 15) is 4.79 Å². The number of hydrogen-bond acceptors (Lipinski definition) is 5. The third-order valence-corrected chi connectivity index (χ3v) is 5.35. The van der Waals surface area contributed by atoms with Gasteiger partial charge in [-0.05, 0) is 63.3 Å². The van der Waals surface area contributed by atoms with Gasteiger partial charge in [-0.1, -0.05) is 13.8 Å². The average Bonchev–Trinajstić information content (AvgIpc) is 2.68. The summed E-state index contributed by atoms with van der Waals surface area (Å²) in [6, 6.07) is 10.1.